The van der Waals surface area contributed by atoms with E-state index in [4.69, 9.17) is 15.9 Å². The third kappa shape index (κ3) is 2.54. The summed E-state index contributed by atoms with van der Waals surface area (Å²) in [6.07, 6.45) is 0.120. The van der Waals surface area contributed by atoms with Crippen molar-refractivity contribution < 1.29 is 15.0 Å². The standard InChI is InChI=1S/C4H9NO3/c5-3(1-2-6)4(7)8/h3,6H,1-2,5H2,(H,7,8)/t3-/m0/s1/i4+1. The van der Waals surface area contributed by atoms with Crippen molar-refractivity contribution in [2.24, 2.45) is 5.73 Å². The number of carbonyl (C=O) groups is 1. The molecule has 0 aliphatic heterocycles. The number of aliphatic hydroxyl groups excluding tert-OH is 1. The lowest BCUT2D eigenvalue weighted by molar-refractivity contribution is -0.138. The first-order chi connectivity index (χ1) is 3.68. The van der Waals surface area contributed by atoms with Gasteiger partial charge in [0.2, 0.25) is 0 Å². The maximum atomic E-state index is 9.85. The molecule has 4 nitrogen and oxygen atoms in total. The largest absolute Gasteiger partial charge is 0.480 e. The lowest BCUT2D eigenvalue weighted by atomic mass is 10.3. The lowest BCUT2D eigenvalue weighted by Crippen LogP contribution is -2.30. The molecular weight excluding hydrogens is 111 g/mol. The number of nitrogens with two attached hydrogens (primary N) is 1. The first kappa shape index (κ1) is 7.39. The van der Waals surface area contributed by atoms with E-state index in [9.17, 15) is 4.79 Å². The molecule has 0 heterocycles. The van der Waals surface area contributed by atoms with Crippen molar-refractivity contribution in [1.82, 2.24) is 0 Å². The summed E-state index contributed by atoms with van der Waals surface area (Å²) in [5.74, 6) is -1.07. The molecule has 0 aromatic carbocycles. The summed E-state index contributed by atoms with van der Waals surface area (Å²) in [5.41, 5.74) is 4.97. The van der Waals surface area contributed by atoms with Gasteiger partial charge in [0.15, 0.2) is 0 Å². The van der Waals surface area contributed by atoms with Crippen molar-refractivity contribution in [3.63, 3.8) is 0 Å². The molecule has 0 saturated carbocycles. The fourth-order valence-electron chi connectivity index (χ4n) is 0.263. The summed E-state index contributed by atoms with van der Waals surface area (Å²) in [6, 6.07) is -0.917. The molecule has 8 heavy (non-hydrogen) atoms. The minimum atomic E-state index is -1.07. The topological polar surface area (TPSA) is 83.5 Å². The molecule has 0 aliphatic carbocycles. The van der Waals surface area contributed by atoms with Gasteiger partial charge in [0.05, 0.1) is 0 Å². The number of aliphatic hydroxyl groups is 1. The highest BCUT2D eigenvalue weighted by atomic mass is 16.5. The van der Waals surface area contributed by atoms with Crippen LogP contribution in [0.25, 0.3) is 0 Å². The zero-order valence-electron chi connectivity index (χ0n) is 4.37. The third-order valence-corrected chi connectivity index (χ3v) is 0.757. The van der Waals surface area contributed by atoms with Crippen LogP contribution in [-0.4, -0.2) is 28.8 Å². The zero-order valence-corrected chi connectivity index (χ0v) is 4.37. The van der Waals surface area contributed by atoms with Crippen molar-refractivity contribution in [3.05, 3.63) is 0 Å². The van der Waals surface area contributed by atoms with E-state index in [1.807, 2.05) is 0 Å². The monoisotopic (exact) mass is 120 g/mol. The highest BCUT2D eigenvalue weighted by molar-refractivity contribution is 5.72. The van der Waals surface area contributed by atoms with Gasteiger partial charge in [0.25, 0.3) is 0 Å². The SMILES string of the molecule is N[C@@H](CCO)[13C](=O)O. The Morgan fingerprint density at radius 1 is 1.75 bits per heavy atom. The summed E-state index contributed by atoms with van der Waals surface area (Å²) in [7, 11) is 0. The molecule has 4 N–H and O–H groups in total. The number of carboxylic acids is 1. The fraction of sp³-hybridized carbons (Fsp3) is 0.750. The summed E-state index contributed by atoms with van der Waals surface area (Å²) < 4.78 is 0. The summed E-state index contributed by atoms with van der Waals surface area (Å²) >= 11 is 0. The summed E-state index contributed by atoms with van der Waals surface area (Å²) in [4.78, 5) is 9.85. The van der Waals surface area contributed by atoms with Gasteiger partial charge < -0.3 is 15.9 Å². The lowest BCUT2D eigenvalue weighted by Gasteiger charge is -2.00. The molecule has 0 bridgehead atoms. The van der Waals surface area contributed by atoms with E-state index < -0.39 is 12.0 Å². The van der Waals surface area contributed by atoms with E-state index in [0.29, 0.717) is 0 Å². The van der Waals surface area contributed by atoms with Gasteiger partial charge in [-0.1, -0.05) is 0 Å². The van der Waals surface area contributed by atoms with E-state index in [1.54, 1.807) is 0 Å². The number of hydrogen-bond donors (Lipinski definition) is 3. The van der Waals surface area contributed by atoms with Crippen molar-refractivity contribution in [2.45, 2.75) is 12.5 Å². The average molecular weight is 120 g/mol. The fourth-order valence-corrected chi connectivity index (χ4v) is 0.263. The van der Waals surface area contributed by atoms with Gasteiger partial charge in [0.1, 0.15) is 6.04 Å². The Morgan fingerprint density at radius 2 is 2.25 bits per heavy atom. The van der Waals surface area contributed by atoms with Crippen LogP contribution in [-0.2, 0) is 4.79 Å². The Bertz CT molecular complexity index is 83.4. The highest BCUT2D eigenvalue weighted by Crippen LogP contribution is 1.83. The van der Waals surface area contributed by atoms with Gasteiger partial charge in [-0.15, -0.1) is 0 Å². The number of rotatable bonds is 3. The molecule has 0 aromatic heterocycles. The van der Waals surface area contributed by atoms with Crippen LogP contribution in [0.4, 0.5) is 0 Å². The zero-order chi connectivity index (χ0) is 6.57. The Morgan fingerprint density at radius 3 is 2.38 bits per heavy atom. The van der Waals surface area contributed by atoms with Crippen LogP contribution in [0.2, 0.25) is 0 Å². The summed E-state index contributed by atoms with van der Waals surface area (Å²) in [5, 5.41) is 16.2. The van der Waals surface area contributed by atoms with Crippen molar-refractivity contribution >= 4 is 5.97 Å². The Hall–Kier alpha value is -0.610. The normalized spacial score (nSPS) is 13.2. The second-order valence-corrected chi connectivity index (χ2v) is 1.46. The molecule has 0 spiro atoms. The smallest absolute Gasteiger partial charge is 0.320 e. The Kier molecular flexibility index (Phi) is 3.14. The third-order valence-electron chi connectivity index (χ3n) is 0.757. The van der Waals surface area contributed by atoms with Crippen LogP contribution in [0, 0.1) is 0 Å². The van der Waals surface area contributed by atoms with Gasteiger partial charge in [-0.05, 0) is 6.42 Å². The van der Waals surface area contributed by atoms with Crippen LogP contribution < -0.4 is 5.73 Å². The number of carboxylic acid groups (broad SMARTS) is 1. The Labute approximate surface area is 46.9 Å². The highest BCUT2D eigenvalue weighted by Gasteiger charge is 2.08. The van der Waals surface area contributed by atoms with Crippen LogP contribution >= 0.6 is 0 Å². The molecule has 0 radical (unpaired) electrons. The molecule has 0 rings (SSSR count). The molecule has 0 amide bonds. The van der Waals surface area contributed by atoms with E-state index in [0.717, 1.165) is 0 Å². The first-order valence-electron chi connectivity index (χ1n) is 2.27. The molecular formula is C4H9NO3. The van der Waals surface area contributed by atoms with Gasteiger partial charge in [-0.25, -0.2) is 0 Å². The van der Waals surface area contributed by atoms with E-state index in [1.165, 1.54) is 0 Å². The second kappa shape index (κ2) is 3.40. The first-order valence-corrected chi connectivity index (χ1v) is 2.27. The van der Waals surface area contributed by atoms with Crippen LogP contribution in [0.5, 0.6) is 0 Å². The molecule has 0 aromatic rings. The predicted octanol–water partition coefficient (Wildman–Crippen LogP) is -1.22. The van der Waals surface area contributed by atoms with E-state index >= 15 is 0 Å². The molecule has 0 saturated heterocycles. The molecule has 0 unspecified atom stereocenters. The maximum Gasteiger partial charge on any atom is 0.320 e. The van der Waals surface area contributed by atoms with Gasteiger partial charge in [0, 0.05) is 6.61 Å². The quantitative estimate of drug-likeness (QED) is 0.408. The molecule has 1 atom stereocenters. The second-order valence-electron chi connectivity index (χ2n) is 1.46. The average Bonchev–Trinajstić information content (AvgIpc) is 1.67. The maximum absolute atomic E-state index is 9.85. The van der Waals surface area contributed by atoms with Crippen LogP contribution in [0.1, 0.15) is 6.42 Å². The minimum Gasteiger partial charge on any atom is -0.480 e. The molecule has 48 valence electrons. The van der Waals surface area contributed by atoms with Crippen LogP contribution in [0.15, 0.2) is 0 Å². The Balaban J connectivity index is 3.32. The molecule has 0 aliphatic rings. The van der Waals surface area contributed by atoms with E-state index in [2.05, 4.69) is 0 Å². The molecule has 4 heteroatoms. The predicted molar refractivity (Wildman–Crippen MR) is 27.3 cm³/mol. The number of hydrogen-bond acceptors (Lipinski definition) is 3. The van der Waals surface area contributed by atoms with Crippen molar-refractivity contribution in [2.75, 3.05) is 6.61 Å². The van der Waals surface area contributed by atoms with Crippen molar-refractivity contribution in [1.29, 1.82) is 0 Å². The van der Waals surface area contributed by atoms with Crippen molar-refractivity contribution in [3.8, 4) is 0 Å². The van der Waals surface area contributed by atoms with Gasteiger partial charge in [-0.3, -0.25) is 4.79 Å². The van der Waals surface area contributed by atoms with Gasteiger partial charge in [-0.2, -0.15) is 0 Å². The van der Waals surface area contributed by atoms with E-state index in [-0.39, 0.29) is 13.0 Å². The number of aliphatic carboxylic acids is 1. The molecule has 0 fully saturated rings. The van der Waals surface area contributed by atoms with Crippen LogP contribution in [0.3, 0.4) is 0 Å². The summed E-state index contributed by atoms with van der Waals surface area (Å²) in [6.45, 7) is -0.173. The minimum absolute atomic E-state index is 0.120. The van der Waals surface area contributed by atoms with Gasteiger partial charge >= 0.3 is 5.97 Å².